The second kappa shape index (κ2) is 4.86. The molecular formula is C9H15N. The summed E-state index contributed by atoms with van der Waals surface area (Å²) in [5.74, 6) is 0. The molecular weight excluding hydrogens is 122 g/mol. The molecule has 56 valence electrons. The van der Waals surface area contributed by atoms with E-state index in [1.165, 1.54) is 5.57 Å². The third-order valence-corrected chi connectivity index (χ3v) is 1.41. The molecule has 0 bridgehead atoms. The van der Waals surface area contributed by atoms with Gasteiger partial charge in [-0.25, -0.2) is 0 Å². The number of hydrogen-bond donors (Lipinski definition) is 1. The predicted molar refractivity (Wildman–Crippen MR) is 46.8 cm³/mol. The van der Waals surface area contributed by atoms with Gasteiger partial charge in [-0.15, -0.1) is 0 Å². The molecule has 0 fully saturated rings. The van der Waals surface area contributed by atoms with Crippen molar-refractivity contribution in [2.45, 2.75) is 13.8 Å². The Hall–Kier alpha value is -0.980. The quantitative estimate of drug-likeness (QED) is 0.588. The second-order valence-electron chi connectivity index (χ2n) is 2.04. The molecule has 0 saturated heterocycles. The zero-order valence-electron chi connectivity index (χ0n) is 6.94. The van der Waals surface area contributed by atoms with E-state index in [0.29, 0.717) is 0 Å². The van der Waals surface area contributed by atoms with Gasteiger partial charge in [-0.1, -0.05) is 18.7 Å². The van der Waals surface area contributed by atoms with Crippen LogP contribution in [0.3, 0.4) is 0 Å². The second-order valence-corrected chi connectivity index (χ2v) is 2.04. The first kappa shape index (κ1) is 9.02. The molecule has 0 atom stereocenters. The van der Waals surface area contributed by atoms with Gasteiger partial charge in [0.15, 0.2) is 0 Å². The first-order valence-corrected chi connectivity index (χ1v) is 3.40. The zero-order valence-corrected chi connectivity index (χ0v) is 6.94. The number of rotatable bonds is 3. The van der Waals surface area contributed by atoms with Crippen molar-refractivity contribution in [3.8, 4) is 0 Å². The molecule has 0 aliphatic heterocycles. The van der Waals surface area contributed by atoms with Gasteiger partial charge in [-0.2, -0.15) is 0 Å². The van der Waals surface area contributed by atoms with Crippen LogP contribution in [0.4, 0.5) is 0 Å². The minimum atomic E-state index is 1.12. The van der Waals surface area contributed by atoms with Gasteiger partial charge in [0.1, 0.15) is 0 Å². The van der Waals surface area contributed by atoms with E-state index in [1.54, 1.807) is 6.08 Å². The van der Waals surface area contributed by atoms with Crippen molar-refractivity contribution < 1.29 is 0 Å². The highest BCUT2D eigenvalue weighted by Crippen LogP contribution is 2.03. The Morgan fingerprint density at radius 2 is 2.10 bits per heavy atom. The number of nitrogens with one attached hydrogen (secondary N) is 1. The van der Waals surface area contributed by atoms with Crippen molar-refractivity contribution in [3.05, 3.63) is 36.1 Å². The lowest BCUT2D eigenvalue weighted by Crippen LogP contribution is -2.06. The Bertz CT molecular complexity index is 164. The van der Waals surface area contributed by atoms with Crippen molar-refractivity contribution in [2.24, 2.45) is 0 Å². The molecule has 10 heavy (non-hydrogen) atoms. The fourth-order valence-electron chi connectivity index (χ4n) is 0.685. The van der Waals surface area contributed by atoms with E-state index in [0.717, 1.165) is 5.70 Å². The van der Waals surface area contributed by atoms with Crippen LogP contribution in [-0.2, 0) is 0 Å². The monoisotopic (exact) mass is 137 g/mol. The lowest BCUT2D eigenvalue weighted by molar-refractivity contribution is 0.997. The molecule has 0 unspecified atom stereocenters. The molecule has 0 rings (SSSR count). The van der Waals surface area contributed by atoms with Crippen LogP contribution in [0.2, 0.25) is 0 Å². The Morgan fingerprint density at radius 1 is 1.50 bits per heavy atom. The molecule has 0 radical (unpaired) electrons. The highest BCUT2D eigenvalue weighted by Gasteiger charge is 1.91. The summed E-state index contributed by atoms with van der Waals surface area (Å²) in [6.07, 6.45) is 5.79. The summed E-state index contributed by atoms with van der Waals surface area (Å²) < 4.78 is 0. The molecule has 0 heterocycles. The zero-order chi connectivity index (χ0) is 7.98. The van der Waals surface area contributed by atoms with Crippen molar-refractivity contribution in [2.75, 3.05) is 7.05 Å². The van der Waals surface area contributed by atoms with Gasteiger partial charge in [0.25, 0.3) is 0 Å². The van der Waals surface area contributed by atoms with E-state index in [9.17, 15) is 0 Å². The van der Waals surface area contributed by atoms with Crippen molar-refractivity contribution in [1.29, 1.82) is 0 Å². The number of hydrogen-bond acceptors (Lipinski definition) is 1. The maximum absolute atomic E-state index is 3.62. The maximum atomic E-state index is 3.62. The predicted octanol–water partition coefficient (Wildman–Crippen LogP) is 2.24. The van der Waals surface area contributed by atoms with Crippen LogP contribution >= 0.6 is 0 Å². The van der Waals surface area contributed by atoms with E-state index in [-0.39, 0.29) is 0 Å². The van der Waals surface area contributed by atoms with Gasteiger partial charge in [0, 0.05) is 12.7 Å². The molecule has 1 nitrogen and oxygen atoms in total. The first-order chi connectivity index (χ1) is 4.76. The summed E-state index contributed by atoms with van der Waals surface area (Å²) in [5.41, 5.74) is 2.36. The van der Waals surface area contributed by atoms with Crippen LogP contribution in [0.25, 0.3) is 0 Å². The Kier molecular flexibility index (Phi) is 4.38. The van der Waals surface area contributed by atoms with E-state index < -0.39 is 0 Å². The molecule has 1 N–H and O–H groups in total. The minimum Gasteiger partial charge on any atom is -0.388 e. The molecule has 0 aliphatic rings. The molecule has 0 saturated carbocycles. The van der Waals surface area contributed by atoms with E-state index in [2.05, 4.69) is 24.9 Å². The van der Waals surface area contributed by atoms with Gasteiger partial charge in [-0.05, 0) is 25.5 Å². The van der Waals surface area contributed by atoms with Gasteiger partial charge in [-0.3, -0.25) is 0 Å². The highest BCUT2D eigenvalue weighted by atomic mass is 14.8. The van der Waals surface area contributed by atoms with Crippen LogP contribution < -0.4 is 5.32 Å². The minimum absolute atomic E-state index is 1.12. The van der Waals surface area contributed by atoms with Gasteiger partial charge < -0.3 is 5.32 Å². The molecule has 0 aromatic rings. The van der Waals surface area contributed by atoms with E-state index >= 15 is 0 Å². The third kappa shape index (κ3) is 2.53. The van der Waals surface area contributed by atoms with Crippen molar-refractivity contribution in [1.82, 2.24) is 5.32 Å². The summed E-state index contributed by atoms with van der Waals surface area (Å²) >= 11 is 0. The van der Waals surface area contributed by atoms with Gasteiger partial charge >= 0.3 is 0 Å². The smallest absolute Gasteiger partial charge is 0.0363 e. The van der Waals surface area contributed by atoms with Crippen molar-refractivity contribution in [3.63, 3.8) is 0 Å². The SMILES string of the molecule is C=C/C=C(NC)\C(C)=C/C. The van der Waals surface area contributed by atoms with Crippen LogP contribution in [0, 0.1) is 0 Å². The van der Waals surface area contributed by atoms with Gasteiger partial charge in [0.05, 0.1) is 0 Å². The van der Waals surface area contributed by atoms with Crippen LogP contribution in [0.1, 0.15) is 13.8 Å². The Morgan fingerprint density at radius 3 is 2.40 bits per heavy atom. The molecule has 0 aromatic carbocycles. The lowest BCUT2D eigenvalue weighted by atomic mass is 10.2. The lowest BCUT2D eigenvalue weighted by Gasteiger charge is -2.04. The summed E-state index contributed by atoms with van der Waals surface area (Å²) in [6.45, 7) is 7.70. The Balaban J connectivity index is 4.35. The van der Waals surface area contributed by atoms with E-state index in [1.807, 2.05) is 20.0 Å². The molecule has 0 aliphatic carbocycles. The molecule has 0 aromatic heterocycles. The van der Waals surface area contributed by atoms with Crippen LogP contribution in [0.5, 0.6) is 0 Å². The highest BCUT2D eigenvalue weighted by molar-refractivity contribution is 5.29. The largest absolute Gasteiger partial charge is 0.388 e. The molecule has 1 heteroatoms. The summed E-state index contributed by atoms with van der Waals surface area (Å²) in [4.78, 5) is 0. The average molecular weight is 137 g/mol. The topological polar surface area (TPSA) is 12.0 Å². The van der Waals surface area contributed by atoms with Crippen LogP contribution in [-0.4, -0.2) is 7.05 Å². The Labute approximate surface area is 63.1 Å². The summed E-state index contributed by atoms with van der Waals surface area (Å²) in [5, 5.41) is 3.08. The van der Waals surface area contributed by atoms with Crippen LogP contribution in [0.15, 0.2) is 36.1 Å². The van der Waals surface area contributed by atoms with E-state index in [4.69, 9.17) is 0 Å². The average Bonchev–Trinajstić information content (AvgIpc) is 1.99. The number of allylic oxidation sites excluding steroid dienone is 4. The fraction of sp³-hybridized carbons (Fsp3) is 0.333. The van der Waals surface area contributed by atoms with Gasteiger partial charge in [0.2, 0.25) is 0 Å². The molecule has 0 amide bonds. The maximum Gasteiger partial charge on any atom is 0.0363 e. The standard InChI is InChI=1S/C9H15N/c1-5-7-9(10-4)8(3)6-2/h5-7,10H,1H2,2-4H3/b8-6-,9-7+. The normalized spacial score (nSPS) is 13.1. The molecule has 0 spiro atoms. The summed E-state index contributed by atoms with van der Waals surface area (Å²) in [6, 6.07) is 0. The number of likely N-dealkylation sites (N-methyl/N-ethyl adjacent to an activating group) is 1. The fourth-order valence-corrected chi connectivity index (χ4v) is 0.685. The summed E-state index contributed by atoms with van der Waals surface area (Å²) in [7, 11) is 1.91. The first-order valence-electron chi connectivity index (χ1n) is 3.40. The third-order valence-electron chi connectivity index (χ3n) is 1.41. The van der Waals surface area contributed by atoms with Crippen molar-refractivity contribution >= 4 is 0 Å².